The Labute approximate surface area is 117 Å². The summed E-state index contributed by atoms with van der Waals surface area (Å²) in [5.41, 5.74) is 0.999. The van der Waals surface area contributed by atoms with Crippen LogP contribution in [0, 0.1) is 5.92 Å². The quantitative estimate of drug-likeness (QED) is 0.848. The molecule has 0 saturated heterocycles. The van der Waals surface area contributed by atoms with Crippen LogP contribution in [0.5, 0.6) is 0 Å². The molecule has 0 fully saturated rings. The SMILES string of the molecule is CC(O)CC(C)CNC(=O)Cc1ccc(Br)cc1. The molecule has 3 nitrogen and oxygen atoms in total. The van der Waals surface area contributed by atoms with E-state index in [1.54, 1.807) is 6.92 Å². The lowest BCUT2D eigenvalue weighted by molar-refractivity contribution is -0.120. The lowest BCUT2D eigenvalue weighted by Gasteiger charge is -2.14. The van der Waals surface area contributed by atoms with E-state index in [1.807, 2.05) is 31.2 Å². The molecule has 1 aromatic carbocycles. The predicted molar refractivity (Wildman–Crippen MR) is 76.3 cm³/mol. The van der Waals surface area contributed by atoms with Gasteiger partial charge < -0.3 is 10.4 Å². The van der Waals surface area contributed by atoms with Crippen LogP contribution in [0.2, 0.25) is 0 Å². The highest BCUT2D eigenvalue weighted by atomic mass is 79.9. The van der Waals surface area contributed by atoms with Crippen molar-refractivity contribution in [2.75, 3.05) is 6.54 Å². The summed E-state index contributed by atoms with van der Waals surface area (Å²) in [4.78, 5) is 11.7. The van der Waals surface area contributed by atoms with Crippen LogP contribution in [0.15, 0.2) is 28.7 Å². The molecule has 0 aliphatic heterocycles. The van der Waals surface area contributed by atoms with Gasteiger partial charge in [-0.15, -0.1) is 0 Å². The lowest BCUT2D eigenvalue weighted by atomic mass is 10.0. The summed E-state index contributed by atoms with van der Waals surface area (Å²) in [5, 5.41) is 12.1. The monoisotopic (exact) mass is 313 g/mol. The van der Waals surface area contributed by atoms with Crippen LogP contribution in [0.3, 0.4) is 0 Å². The number of aliphatic hydroxyl groups is 1. The summed E-state index contributed by atoms with van der Waals surface area (Å²) >= 11 is 3.36. The Morgan fingerprint density at radius 1 is 1.33 bits per heavy atom. The minimum Gasteiger partial charge on any atom is -0.393 e. The Morgan fingerprint density at radius 3 is 2.50 bits per heavy atom. The van der Waals surface area contributed by atoms with Gasteiger partial charge in [0.2, 0.25) is 5.91 Å². The molecule has 2 atom stereocenters. The van der Waals surface area contributed by atoms with Gasteiger partial charge in [-0.3, -0.25) is 4.79 Å². The first-order valence-corrected chi connectivity index (χ1v) is 6.96. The fourth-order valence-corrected chi connectivity index (χ4v) is 2.07. The largest absolute Gasteiger partial charge is 0.393 e. The fourth-order valence-electron chi connectivity index (χ4n) is 1.80. The number of benzene rings is 1. The summed E-state index contributed by atoms with van der Waals surface area (Å²) in [6, 6.07) is 7.73. The van der Waals surface area contributed by atoms with Crippen molar-refractivity contribution >= 4 is 21.8 Å². The summed E-state index contributed by atoms with van der Waals surface area (Å²) in [7, 11) is 0. The molecule has 2 unspecified atom stereocenters. The van der Waals surface area contributed by atoms with E-state index in [9.17, 15) is 9.90 Å². The molecule has 18 heavy (non-hydrogen) atoms. The number of carbonyl (C=O) groups excluding carboxylic acids is 1. The van der Waals surface area contributed by atoms with Crippen LogP contribution in [0.25, 0.3) is 0 Å². The van der Waals surface area contributed by atoms with Crippen LogP contribution in [0.1, 0.15) is 25.8 Å². The highest BCUT2D eigenvalue weighted by Crippen LogP contribution is 2.11. The van der Waals surface area contributed by atoms with Gasteiger partial charge in [0.1, 0.15) is 0 Å². The van der Waals surface area contributed by atoms with E-state index < -0.39 is 0 Å². The van der Waals surface area contributed by atoms with Crippen molar-refractivity contribution in [3.05, 3.63) is 34.3 Å². The van der Waals surface area contributed by atoms with Gasteiger partial charge >= 0.3 is 0 Å². The molecule has 0 saturated carbocycles. The topological polar surface area (TPSA) is 49.3 Å². The molecule has 1 rings (SSSR count). The van der Waals surface area contributed by atoms with Crippen molar-refractivity contribution in [2.24, 2.45) is 5.92 Å². The van der Waals surface area contributed by atoms with Gasteiger partial charge in [-0.2, -0.15) is 0 Å². The van der Waals surface area contributed by atoms with Crippen molar-refractivity contribution in [1.29, 1.82) is 0 Å². The summed E-state index contributed by atoms with van der Waals surface area (Å²) in [6.07, 6.45) is 0.788. The number of amides is 1. The molecule has 1 amide bonds. The second-order valence-corrected chi connectivity index (χ2v) is 5.71. The Kier molecular flexibility index (Phi) is 6.36. The molecule has 100 valence electrons. The average molecular weight is 314 g/mol. The molecule has 0 aromatic heterocycles. The molecule has 0 aliphatic rings. The maximum Gasteiger partial charge on any atom is 0.224 e. The zero-order valence-electron chi connectivity index (χ0n) is 10.8. The Morgan fingerprint density at radius 2 is 1.94 bits per heavy atom. The van der Waals surface area contributed by atoms with E-state index >= 15 is 0 Å². The number of rotatable bonds is 6. The second-order valence-electron chi connectivity index (χ2n) is 4.80. The Bertz CT molecular complexity index is 376. The molecule has 0 bridgehead atoms. The van der Waals surface area contributed by atoms with Crippen LogP contribution >= 0.6 is 15.9 Å². The summed E-state index contributed by atoms with van der Waals surface area (Å²) in [5.74, 6) is 0.314. The van der Waals surface area contributed by atoms with Gasteiger partial charge in [0, 0.05) is 11.0 Å². The van der Waals surface area contributed by atoms with Gasteiger partial charge in [0.15, 0.2) is 0 Å². The van der Waals surface area contributed by atoms with Gasteiger partial charge in [0.05, 0.1) is 12.5 Å². The third-order valence-electron chi connectivity index (χ3n) is 2.67. The smallest absolute Gasteiger partial charge is 0.224 e. The average Bonchev–Trinajstić information content (AvgIpc) is 2.29. The zero-order chi connectivity index (χ0) is 13.5. The van der Waals surface area contributed by atoms with Crippen LogP contribution in [0.4, 0.5) is 0 Å². The first-order valence-electron chi connectivity index (χ1n) is 6.16. The third kappa shape index (κ3) is 6.17. The summed E-state index contributed by atoms with van der Waals surface area (Å²) in [6.45, 7) is 4.40. The maximum absolute atomic E-state index is 11.7. The van der Waals surface area contributed by atoms with Gasteiger partial charge in [0.25, 0.3) is 0 Å². The van der Waals surface area contributed by atoms with E-state index in [-0.39, 0.29) is 12.0 Å². The number of carbonyl (C=O) groups is 1. The maximum atomic E-state index is 11.7. The number of aliphatic hydroxyl groups excluding tert-OH is 1. The Hall–Kier alpha value is -0.870. The van der Waals surface area contributed by atoms with E-state index in [0.717, 1.165) is 10.0 Å². The normalized spacial score (nSPS) is 14.0. The number of nitrogens with one attached hydrogen (secondary N) is 1. The van der Waals surface area contributed by atoms with Crippen molar-refractivity contribution in [2.45, 2.75) is 32.8 Å². The van der Waals surface area contributed by atoms with Crippen molar-refractivity contribution in [3.8, 4) is 0 Å². The van der Waals surface area contributed by atoms with Crippen LogP contribution < -0.4 is 5.32 Å². The van der Waals surface area contributed by atoms with Crippen molar-refractivity contribution in [3.63, 3.8) is 0 Å². The molecule has 4 heteroatoms. The third-order valence-corrected chi connectivity index (χ3v) is 3.20. The molecular formula is C14H20BrNO2. The van der Waals surface area contributed by atoms with E-state index in [2.05, 4.69) is 21.2 Å². The van der Waals surface area contributed by atoms with Crippen LogP contribution in [-0.2, 0) is 11.2 Å². The van der Waals surface area contributed by atoms with E-state index in [0.29, 0.717) is 25.3 Å². The highest BCUT2D eigenvalue weighted by molar-refractivity contribution is 9.10. The second kappa shape index (κ2) is 7.54. The lowest BCUT2D eigenvalue weighted by Crippen LogP contribution is -2.30. The minimum absolute atomic E-state index is 0.0229. The van der Waals surface area contributed by atoms with Crippen LogP contribution in [-0.4, -0.2) is 23.7 Å². The van der Waals surface area contributed by atoms with Crippen molar-refractivity contribution < 1.29 is 9.90 Å². The zero-order valence-corrected chi connectivity index (χ0v) is 12.4. The van der Waals surface area contributed by atoms with Crippen molar-refractivity contribution in [1.82, 2.24) is 5.32 Å². The fraction of sp³-hybridized carbons (Fsp3) is 0.500. The molecule has 2 N–H and O–H groups in total. The Balaban J connectivity index is 2.31. The first kappa shape index (κ1) is 15.2. The van der Waals surface area contributed by atoms with E-state index in [4.69, 9.17) is 0 Å². The van der Waals surface area contributed by atoms with Gasteiger partial charge in [-0.1, -0.05) is 35.0 Å². The molecular weight excluding hydrogens is 294 g/mol. The van der Waals surface area contributed by atoms with Gasteiger partial charge in [-0.05, 0) is 37.0 Å². The molecule has 0 spiro atoms. The number of halogens is 1. The van der Waals surface area contributed by atoms with E-state index in [1.165, 1.54) is 0 Å². The first-order chi connectivity index (χ1) is 8.47. The highest BCUT2D eigenvalue weighted by Gasteiger charge is 2.08. The molecule has 0 heterocycles. The van der Waals surface area contributed by atoms with Gasteiger partial charge in [-0.25, -0.2) is 0 Å². The predicted octanol–water partition coefficient (Wildman–Crippen LogP) is 2.51. The molecule has 1 aromatic rings. The standard InChI is InChI=1S/C14H20BrNO2/c1-10(7-11(2)17)9-16-14(18)8-12-3-5-13(15)6-4-12/h3-6,10-11,17H,7-9H2,1-2H3,(H,16,18). The molecule has 0 radical (unpaired) electrons. The summed E-state index contributed by atoms with van der Waals surface area (Å²) < 4.78 is 1.01. The number of hydrogen-bond acceptors (Lipinski definition) is 2. The number of hydrogen-bond donors (Lipinski definition) is 2. The molecule has 0 aliphatic carbocycles. The minimum atomic E-state index is -0.316.